The van der Waals surface area contributed by atoms with Crippen molar-refractivity contribution in [2.75, 3.05) is 18.1 Å². The van der Waals surface area contributed by atoms with E-state index in [4.69, 9.17) is 0 Å². The minimum atomic E-state index is -3.62. The number of thiazole rings is 1. The fourth-order valence-electron chi connectivity index (χ4n) is 3.68. The van der Waals surface area contributed by atoms with Gasteiger partial charge in [0, 0.05) is 18.7 Å². The van der Waals surface area contributed by atoms with Gasteiger partial charge in [-0.2, -0.15) is 14.4 Å². The quantitative estimate of drug-likeness (QED) is 0.223. The highest BCUT2D eigenvalue weighted by Gasteiger charge is 2.24. The summed E-state index contributed by atoms with van der Waals surface area (Å²) in [5.41, 5.74) is 4.16. The maximum Gasteiger partial charge on any atom is 0.280 e. The Balaban J connectivity index is 1.71. The van der Waals surface area contributed by atoms with Crippen molar-refractivity contribution in [1.29, 1.82) is 0 Å². The summed E-state index contributed by atoms with van der Waals surface area (Å²) in [5, 5.41) is 6.20. The Hall–Kier alpha value is -3.40. The van der Waals surface area contributed by atoms with E-state index in [0.29, 0.717) is 23.8 Å². The van der Waals surface area contributed by atoms with Gasteiger partial charge in [0.2, 0.25) is 15.2 Å². The largest absolute Gasteiger partial charge is 0.280 e. The molecule has 3 aromatic carbocycles. The van der Waals surface area contributed by atoms with Crippen LogP contribution in [0, 0.1) is 13.8 Å². The summed E-state index contributed by atoms with van der Waals surface area (Å²) in [5.74, 6) is -0.402. The maximum absolute atomic E-state index is 13.6. The van der Waals surface area contributed by atoms with Crippen molar-refractivity contribution in [1.82, 2.24) is 9.29 Å². The molecule has 0 unspecified atom stereocenters. The molecule has 0 atom stereocenters. The van der Waals surface area contributed by atoms with Gasteiger partial charge in [-0.25, -0.2) is 13.4 Å². The minimum Gasteiger partial charge on any atom is -0.267 e. The molecule has 0 bridgehead atoms. The van der Waals surface area contributed by atoms with Gasteiger partial charge >= 0.3 is 0 Å². The van der Waals surface area contributed by atoms with Gasteiger partial charge < -0.3 is 0 Å². The molecule has 0 saturated heterocycles. The number of aryl methyl sites for hydroxylation is 2. The van der Waals surface area contributed by atoms with Crippen LogP contribution in [0.2, 0.25) is 0 Å². The summed E-state index contributed by atoms with van der Waals surface area (Å²) >= 11 is 1.38. The molecule has 1 aromatic heterocycles. The van der Waals surface area contributed by atoms with Gasteiger partial charge in [-0.3, -0.25) is 4.79 Å². The first-order valence-electron chi connectivity index (χ1n) is 11.7. The molecular weight excluding hydrogens is 492 g/mol. The molecule has 0 saturated carbocycles. The molecule has 1 heterocycles. The van der Waals surface area contributed by atoms with Crippen LogP contribution in [0.15, 0.2) is 76.7 Å². The van der Waals surface area contributed by atoms with E-state index >= 15 is 0 Å². The van der Waals surface area contributed by atoms with E-state index in [1.807, 2.05) is 56.3 Å². The molecule has 4 rings (SSSR count). The fourth-order valence-corrected chi connectivity index (χ4v) is 6.16. The Morgan fingerprint density at radius 1 is 0.944 bits per heavy atom. The summed E-state index contributed by atoms with van der Waals surface area (Å²) in [4.78, 5) is 18.4. The number of hydrogen-bond donors (Lipinski definition) is 0. The number of sulfonamides is 1. The second-order valence-corrected chi connectivity index (χ2v) is 11.3. The molecule has 0 spiro atoms. The van der Waals surface area contributed by atoms with Crippen molar-refractivity contribution >= 4 is 48.8 Å². The molecule has 0 aliphatic rings. The standard InChI is InChI=1S/C27H28N4O3S2/c1-5-30(6-2)36(33,34)23-14-12-22(13-15-23)26(32)31(28-18-21-10-7-19(3)8-11-21)27-29-24-16-9-20(4)17-25(24)35-27/h7-18H,5-6H2,1-4H3/b28-18+. The van der Waals surface area contributed by atoms with Crippen LogP contribution < -0.4 is 5.01 Å². The zero-order chi connectivity index (χ0) is 25.9. The monoisotopic (exact) mass is 520 g/mol. The van der Waals surface area contributed by atoms with Crippen LogP contribution in [0.4, 0.5) is 5.13 Å². The number of anilines is 1. The van der Waals surface area contributed by atoms with Crippen molar-refractivity contribution in [3.05, 3.63) is 89.0 Å². The predicted molar refractivity (Wildman–Crippen MR) is 146 cm³/mol. The van der Waals surface area contributed by atoms with E-state index < -0.39 is 15.9 Å². The smallest absolute Gasteiger partial charge is 0.267 e. The third-order valence-corrected chi connectivity index (χ3v) is 8.81. The van der Waals surface area contributed by atoms with Crippen LogP contribution >= 0.6 is 11.3 Å². The zero-order valence-corrected chi connectivity index (χ0v) is 22.3. The Kier molecular flexibility index (Phi) is 7.63. The van der Waals surface area contributed by atoms with E-state index in [2.05, 4.69) is 10.1 Å². The van der Waals surface area contributed by atoms with E-state index in [9.17, 15) is 13.2 Å². The summed E-state index contributed by atoms with van der Waals surface area (Å²) < 4.78 is 28.0. The lowest BCUT2D eigenvalue weighted by Gasteiger charge is -2.19. The van der Waals surface area contributed by atoms with Crippen molar-refractivity contribution in [2.24, 2.45) is 5.10 Å². The summed E-state index contributed by atoms with van der Waals surface area (Å²) in [6.45, 7) is 8.34. The van der Waals surface area contributed by atoms with Crippen LogP contribution in [-0.2, 0) is 10.0 Å². The molecule has 0 aliphatic heterocycles. The number of benzene rings is 3. The normalized spacial score (nSPS) is 12.0. The molecule has 4 aromatic rings. The first-order valence-corrected chi connectivity index (χ1v) is 13.9. The van der Waals surface area contributed by atoms with Crippen LogP contribution in [-0.4, -0.2) is 42.9 Å². The van der Waals surface area contributed by atoms with Gasteiger partial charge in [-0.1, -0.05) is 61.1 Å². The lowest BCUT2D eigenvalue weighted by Crippen LogP contribution is -2.30. The summed E-state index contributed by atoms with van der Waals surface area (Å²) in [6.07, 6.45) is 1.62. The Morgan fingerprint density at radius 3 is 2.22 bits per heavy atom. The van der Waals surface area contributed by atoms with Crippen LogP contribution in [0.3, 0.4) is 0 Å². The molecule has 7 nitrogen and oxygen atoms in total. The van der Waals surface area contributed by atoms with Gasteiger partial charge in [-0.15, -0.1) is 0 Å². The highest BCUT2D eigenvalue weighted by molar-refractivity contribution is 7.89. The second kappa shape index (κ2) is 10.7. The third-order valence-electron chi connectivity index (χ3n) is 5.75. The van der Waals surface area contributed by atoms with Crippen LogP contribution in [0.5, 0.6) is 0 Å². The Bertz CT molecular complexity index is 1510. The van der Waals surface area contributed by atoms with Crippen LogP contribution in [0.1, 0.15) is 40.9 Å². The average molecular weight is 521 g/mol. The van der Waals surface area contributed by atoms with Gasteiger partial charge in [0.15, 0.2) is 0 Å². The molecule has 0 aliphatic carbocycles. The molecule has 186 valence electrons. The van der Waals surface area contributed by atoms with Gasteiger partial charge in [0.1, 0.15) is 0 Å². The Morgan fingerprint density at radius 2 is 1.58 bits per heavy atom. The van der Waals surface area contributed by atoms with Gasteiger partial charge in [0.25, 0.3) is 5.91 Å². The lowest BCUT2D eigenvalue weighted by atomic mass is 10.2. The van der Waals surface area contributed by atoms with Crippen molar-refractivity contribution < 1.29 is 13.2 Å². The number of rotatable bonds is 8. The SMILES string of the molecule is CCN(CC)S(=O)(=O)c1ccc(C(=O)N(/N=C/c2ccc(C)cc2)c2nc3ccc(C)cc3s2)cc1. The molecular formula is C27H28N4O3S2. The van der Waals surface area contributed by atoms with E-state index in [1.165, 1.54) is 44.9 Å². The summed E-state index contributed by atoms with van der Waals surface area (Å²) in [7, 11) is -3.62. The van der Waals surface area contributed by atoms with Gasteiger partial charge in [-0.05, 0) is 61.4 Å². The van der Waals surface area contributed by atoms with E-state index in [1.54, 1.807) is 20.1 Å². The number of carbonyl (C=O) groups excluding carboxylic acids is 1. The van der Waals surface area contributed by atoms with Gasteiger partial charge in [0.05, 0.1) is 21.3 Å². The topological polar surface area (TPSA) is 82.9 Å². The number of carbonyl (C=O) groups is 1. The highest BCUT2D eigenvalue weighted by Crippen LogP contribution is 2.31. The predicted octanol–water partition coefficient (Wildman–Crippen LogP) is 5.62. The molecule has 0 fully saturated rings. The molecule has 1 amide bonds. The molecule has 0 radical (unpaired) electrons. The van der Waals surface area contributed by atoms with Crippen molar-refractivity contribution in [3.63, 3.8) is 0 Å². The first kappa shape index (κ1) is 25.7. The minimum absolute atomic E-state index is 0.146. The Labute approximate surface area is 215 Å². The number of aromatic nitrogens is 1. The van der Waals surface area contributed by atoms with Crippen molar-refractivity contribution in [3.8, 4) is 0 Å². The lowest BCUT2D eigenvalue weighted by molar-refractivity contribution is 0.0987. The highest BCUT2D eigenvalue weighted by atomic mass is 32.2. The molecule has 0 N–H and O–H groups in total. The first-order chi connectivity index (χ1) is 17.2. The summed E-state index contributed by atoms with van der Waals surface area (Å²) in [6, 6.07) is 19.7. The maximum atomic E-state index is 13.6. The number of nitrogens with zero attached hydrogens (tertiary/aromatic N) is 4. The van der Waals surface area contributed by atoms with Crippen molar-refractivity contribution in [2.45, 2.75) is 32.6 Å². The average Bonchev–Trinajstić information content (AvgIpc) is 3.28. The fraction of sp³-hybridized carbons (Fsp3) is 0.222. The van der Waals surface area contributed by atoms with Crippen LogP contribution in [0.25, 0.3) is 10.2 Å². The van der Waals surface area contributed by atoms with E-state index in [-0.39, 0.29) is 4.90 Å². The molecule has 9 heteroatoms. The number of hydrazone groups is 1. The number of hydrogen-bond acceptors (Lipinski definition) is 6. The number of amides is 1. The molecule has 36 heavy (non-hydrogen) atoms. The number of fused-ring (bicyclic) bond motifs is 1. The third kappa shape index (κ3) is 5.38. The second-order valence-electron chi connectivity index (χ2n) is 8.35. The zero-order valence-electron chi connectivity index (χ0n) is 20.7. The van der Waals surface area contributed by atoms with E-state index in [0.717, 1.165) is 26.9 Å².